The number of methoxy groups -OCH3 is 1. The number of hydrogen-bond acceptors (Lipinski definition) is 3. The summed E-state index contributed by atoms with van der Waals surface area (Å²) < 4.78 is 5.20. The van der Waals surface area contributed by atoms with Gasteiger partial charge < -0.3 is 10.1 Å². The molecule has 0 aromatic heterocycles. The first-order valence-corrected chi connectivity index (χ1v) is 7.11. The fourth-order valence-electron chi connectivity index (χ4n) is 2.27. The van der Waals surface area contributed by atoms with E-state index in [4.69, 9.17) is 10.00 Å². The molecule has 0 saturated heterocycles. The van der Waals surface area contributed by atoms with Gasteiger partial charge in [0.15, 0.2) is 0 Å². The number of rotatable bonds is 6. The van der Waals surface area contributed by atoms with Crippen LogP contribution in [0.15, 0.2) is 48.5 Å². The van der Waals surface area contributed by atoms with Crippen molar-refractivity contribution in [3.63, 3.8) is 0 Å². The number of ether oxygens (including phenoxy) is 1. The third-order valence-corrected chi connectivity index (χ3v) is 3.61. The zero-order chi connectivity index (χ0) is 15.1. The Labute approximate surface area is 126 Å². The molecule has 0 fully saturated rings. The highest BCUT2D eigenvalue weighted by Gasteiger charge is 2.07. The van der Waals surface area contributed by atoms with Crippen molar-refractivity contribution in [3.8, 4) is 11.8 Å². The third kappa shape index (κ3) is 4.00. The highest BCUT2D eigenvalue weighted by atomic mass is 16.5. The van der Waals surface area contributed by atoms with E-state index in [0.717, 1.165) is 24.4 Å². The van der Waals surface area contributed by atoms with E-state index in [1.165, 1.54) is 5.56 Å². The van der Waals surface area contributed by atoms with Crippen LogP contribution < -0.4 is 10.1 Å². The lowest BCUT2D eigenvalue weighted by molar-refractivity contribution is 0.415. The average molecular weight is 280 g/mol. The molecule has 0 amide bonds. The summed E-state index contributed by atoms with van der Waals surface area (Å²) in [7, 11) is 1.63. The maximum absolute atomic E-state index is 9.14. The molecule has 0 saturated carbocycles. The maximum Gasteiger partial charge on any atom is 0.121 e. The molecule has 0 heterocycles. The molecule has 2 rings (SSSR count). The van der Waals surface area contributed by atoms with Gasteiger partial charge in [-0.2, -0.15) is 5.26 Å². The monoisotopic (exact) mass is 280 g/mol. The Kier molecular flexibility index (Phi) is 5.22. The minimum atomic E-state index is 0.481. The number of benzene rings is 2. The zero-order valence-electron chi connectivity index (χ0n) is 12.5. The van der Waals surface area contributed by atoms with Gasteiger partial charge in [0.25, 0.3) is 0 Å². The Balaban J connectivity index is 1.96. The van der Waals surface area contributed by atoms with E-state index in [1.54, 1.807) is 19.2 Å². The lowest BCUT2D eigenvalue weighted by Gasteiger charge is -2.14. The van der Waals surface area contributed by atoms with Crippen LogP contribution in [0.5, 0.6) is 5.75 Å². The number of anilines is 1. The van der Waals surface area contributed by atoms with E-state index in [-0.39, 0.29) is 0 Å². The molecule has 2 aromatic carbocycles. The first kappa shape index (κ1) is 14.9. The molecule has 1 atom stereocenters. The summed E-state index contributed by atoms with van der Waals surface area (Å²) in [4.78, 5) is 0. The molecule has 0 aliphatic carbocycles. The van der Waals surface area contributed by atoms with Crippen LogP contribution in [0.1, 0.15) is 30.4 Å². The van der Waals surface area contributed by atoms with E-state index in [9.17, 15) is 0 Å². The van der Waals surface area contributed by atoms with E-state index in [0.29, 0.717) is 11.5 Å². The van der Waals surface area contributed by atoms with Crippen molar-refractivity contribution < 1.29 is 4.74 Å². The predicted molar refractivity (Wildman–Crippen MR) is 85.7 cm³/mol. The lowest BCUT2D eigenvalue weighted by atomic mass is 9.98. The Bertz CT molecular complexity index is 617. The van der Waals surface area contributed by atoms with Crippen molar-refractivity contribution in [2.45, 2.75) is 19.3 Å². The van der Waals surface area contributed by atoms with Gasteiger partial charge in [-0.3, -0.25) is 0 Å². The van der Waals surface area contributed by atoms with Crippen LogP contribution in [0.3, 0.4) is 0 Å². The van der Waals surface area contributed by atoms with Crippen LogP contribution in [0.4, 0.5) is 5.69 Å². The number of nitrogens with one attached hydrogen (secondary N) is 1. The Hall–Kier alpha value is -2.47. The van der Waals surface area contributed by atoms with Crippen molar-refractivity contribution in [2.24, 2.45) is 0 Å². The normalized spacial score (nSPS) is 11.5. The fraction of sp³-hybridized carbons (Fsp3) is 0.278. The summed E-state index contributed by atoms with van der Waals surface area (Å²) in [5.74, 6) is 1.24. The van der Waals surface area contributed by atoms with Crippen LogP contribution in [0, 0.1) is 11.3 Å². The number of nitrogens with zero attached hydrogens (tertiary/aromatic N) is 1. The van der Waals surface area contributed by atoms with Gasteiger partial charge in [0.1, 0.15) is 11.8 Å². The van der Waals surface area contributed by atoms with Crippen LogP contribution in [-0.4, -0.2) is 13.7 Å². The summed E-state index contributed by atoms with van der Waals surface area (Å²) in [5.41, 5.74) is 2.81. The lowest BCUT2D eigenvalue weighted by Crippen LogP contribution is -2.07. The minimum absolute atomic E-state index is 0.481. The van der Waals surface area contributed by atoms with Gasteiger partial charge in [0.2, 0.25) is 0 Å². The van der Waals surface area contributed by atoms with Crippen LogP contribution >= 0.6 is 0 Å². The molecule has 0 spiro atoms. The largest absolute Gasteiger partial charge is 0.497 e. The van der Waals surface area contributed by atoms with Gasteiger partial charge in [-0.05, 0) is 30.0 Å². The van der Waals surface area contributed by atoms with Gasteiger partial charge in [0, 0.05) is 12.6 Å². The van der Waals surface area contributed by atoms with Crippen LogP contribution in [-0.2, 0) is 0 Å². The van der Waals surface area contributed by atoms with Crippen molar-refractivity contribution in [3.05, 3.63) is 59.7 Å². The second kappa shape index (κ2) is 7.35. The molecule has 21 heavy (non-hydrogen) atoms. The van der Waals surface area contributed by atoms with Gasteiger partial charge >= 0.3 is 0 Å². The van der Waals surface area contributed by atoms with Gasteiger partial charge in [-0.15, -0.1) is 0 Å². The number of nitriles is 1. The third-order valence-electron chi connectivity index (χ3n) is 3.61. The number of hydrogen-bond donors (Lipinski definition) is 1. The predicted octanol–water partition coefficient (Wildman–Crippen LogP) is 4.17. The van der Waals surface area contributed by atoms with Crippen molar-refractivity contribution in [1.82, 2.24) is 0 Å². The van der Waals surface area contributed by atoms with Crippen LogP contribution in [0.25, 0.3) is 0 Å². The summed E-state index contributed by atoms with van der Waals surface area (Å²) in [5, 5.41) is 12.5. The highest BCUT2D eigenvalue weighted by molar-refractivity contribution is 5.60. The Morgan fingerprint density at radius 1 is 1.19 bits per heavy atom. The zero-order valence-corrected chi connectivity index (χ0v) is 12.5. The van der Waals surface area contributed by atoms with Gasteiger partial charge in [0.05, 0.1) is 18.4 Å². The molecule has 0 aliphatic heterocycles. The Morgan fingerprint density at radius 3 is 2.62 bits per heavy atom. The molecule has 0 bridgehead atoms. The quantitative estimate of drug-likeness (QED) is 0.863. The second-order valence-electron chi connectivity index (χ2n) is 5.05. The van der Waals surface area contributed by atoms with Crippen molar-refractivity contribution in [1.29, 1.82) is 5.26 Å². The molecule has 108 valence electrons. The smallest absolute Gasteiger partial charge is 0.121 e. The van der Waals surface area contributed by atoms with Crippen LogP contribution in [0.2, 0.25) is 0 Å². The maximum atomic E-state index is 9.14. The van der Waals surface area contributed by atoms with Crippen molar-refractivity contribution in [2.75, 3.05) is 19.0 Å². The summed E-state index contributed by atoms with van der Waals surface area (Å²) in [6.45, 7) is 3.03. The molecular formula is C18H20N2O. The molecule has 2 aromatic rings. The first-order chi connectivity index (χ1) is 10.2. The van der Waals surface area contributed by atoms with E-state index in [2.05, 4.69) is 42.6 Å². The average Bonchev–Trinajstić information content (AvgIpc) is 2.55. The standard InChI is InChI=1S/C18H20N2O/c1-14(15-6-4-3-5-7-15)10-11-20-18-12-17(21-2)9-8-16(18)13-19/h3-9,12,14,20H,10-11H2,1-2H3. The molecule has 3 heteroatoms. The summed E-state index contributed by atoms with van der Waals surface area (Å²) >= 11 is 0. The molecule has 1 N–H and O–H groups in total. The topological polar surface area (TPSA) is 45.0 Å². The SMILES string of the molecule is COc1ccc(C#N)c(NCCC(C)c2ccccc2)c1. The summed E-state index contributed by atoms with van der Waals surface area (Å²) in [6.07, 6.45) is 1.01. The fourth-order valence-corrected chi connectivity index (χ4v) is 2.27. The van der Waals surface area contributed by atoms with Gasteiger partial charge in [-0.1, -0.05) is 37.3 Å². The molecule has 0 radical (unpaired) electrons. The highest BCUT2D eigenvalue weighted by Crippen LogP contribution is 2.23. The van der Waals surface area contributed by atoms with Gasteiger partial charge in [-0.25, -0.2) is 0 Å². The summed E-state index contributed by atoms with van der Waals surface area (Å²) in [6, 6.07) is 18.1. The van der Waals surface area contributed by atoms with E-state index < -0.39 is 0 Å². The van der Waals surface area contributed by atoms with Crippen molar-refractivity contribution >= 4 is 5.69 Å². The second-order valence-corrected chi connectivity index (χ2v) is 5.05. The Morgan fingerprint density at radius 2 is 1.95 bits per heavy atom. The molecule has 3 nitrogen and oxygen atoms in total. The molecular weight excluding hydrogens is 260 g/mol. The molecule has 1 unspecified atom stereocenters. The minimum Gasteiger partial charge on any atom is -0.497 e. The first-order valence-electron chi connectivity index (χ1n) is 7.11. The molecule has 0 aliphatic rings. The van der Waals surface area contributed by atoms with E-state index in [1.807, 2.05) is 12.1 Å². The van der Waals surface area contributed by atoms with E-state index >= 15 is 0 Å².